The number of unbranched alkanes of at least 4 members (excludes halogenated alkanes) is 11. The van der Waals surface area contributed by atoms with Crippen LogP contribution in [0, 0.1) is 0 Å². The van der Waals surface area contributed by atoms with Crippen molar-refractivity contribution in [3.63, 3.8) is 0 Å². The van der Waals surface area contributed by atoms with Gasteiger partial charge in [0, 0.05) is 25.4 Å². The van der Waals surface area contributed by atoms with Gasteiger partial charge < -0.3 is 19.3 Å². The summed E-state index contributed by atoms with van der Waals surface area (Å²) in [6.07, 6.45) is 18.2. The molecule has 0 saturated carbocycles. The number of allylic oxidation sites excluding steroid dienone is 1. The lowest BCUT2D eigenvalue weighted by molar-refractivity contribution is -0.116. The van der Waals surface area contributed by atoms with Gasteiger partial charge in [-0.05, 0) is 47.6 Å². The largest absolute Gasteiger partial charge is 0.493 e. The summed E-state index contributed by atoms with van der Waals surface area (Å²) >= 11 is 1.85. The van der Waals surface area contributed by atoms with Crippen LogP contribution in [0.4, 0.5) is 5.69 Å². The van der Waals surface area contributed by atoms with E-state index in [0.29, 0.717) is 18.9 Å². The Kier molecular flexibility index (Phi) is 17.8. The maximum absolute atomic E-state index is 12.8. The van der Waals surface area contributed by atoms with Gasteiger partial charge in [0.05, 0.1) is 26.1 Å². The van der Waals surface area contributed by atoms with E-state index in [2.05, 4.69) is 31.0 Å². The van der Waals surface area contributed by atoms with Gasteiger partial charge >= 0.3 is 0 Å². The summed E-state index contributed by atoms with van der Waals surface area (Å²) in [6, 6.07) is 14.2. The summed E-state index contributed by atoms with van der Waals surface area (Å²) in [5.41, 5.74) is 3.11. The molecular weight excluding hydrogens is 608 g/mol. The van der Waals surface area contributed by atoms with E-state index in [1.54, 1.807) is 14.0 Å². The lowest BCUT2D eigenvalue weighted by Crippen LogP contribution is -2.29. The van der Waals surface area contributed by atoms with Crippen molar-refractivity contribution in [2.75, 3.05) is 24.5 Å². The van der Waals surface area contributed by atoms with Crippen LogP contribution >= 0.6 is 28.7 Å². The smallest absolute Gasteiger partial charge is 0.224 e. The first-order valence-electron chi connectivity index (χ1n) is 15.7. The first-order valence-corrected chi connectivity index (χ1v) is 16.7. The molecule has 234 valence electrons. The Morgan fingerprint density at radius 1 is 0.905 bits per heavy atom. The van der Waals surface area contributed by atoms with Crippen LogP contribution in [0.3, 0.4) is 0 Å². The van der Waals surface area contributed by atoms with E-state index in [1.807, 2.05) is 53.1 Å². The summed E-state index contributed by atoms with van der Waals surface area (Å²) in [4.78, 5) is 18.3. The van der Waals surface area contributed by atoms with Gasteiger partial charge in [-0.1, -0.05) is 102 Å². The number of thioether (sulfide) groups is 1. The number of ether oxygens (including phenoxy) is 2. The minimum Gasteiger partial charge on any atom is -0.493 e. The van der Waals surface area contributed by atoms with Crippen molar-refractivity contribution in [3.05, 3.63) is 64.7 Å². The van der Waals surface area contributed by atoms with Gasteiger partial charge in [0.15, 0.2) is 11.5 Å². The van der Waals surface area contributed by atoms with Crippen molar-refractivity contribution in [3.8, 4) is 11.5 Å². The molecule has 1 aliphatic rings. The molecule has 3 rings (SSSR count). The minimum absolute atomic E-state index is 0. The van der Waals surface area contributed by atoms with Gasteiger partial charge in [-0.25, -0.2) is 0 Å². The Morgan fingerprint density at radius 2 is 1.55 bits per heavy atom. The molecule has 0 saturated heterocycles. The molecule has 0 unspecified atom stereocenters. The predicted octanol–water partition coefficient (Wildman–Crippen LogP) is 10.3. The van der Waals surface area contributed by atoms with Gasteiger partial charge in [-0.2, -0.15) is 0 Å². The summed E-state index contributed by atoms with van der Waals surface area (Å²) in [7, 11) is 1.68. The molecule has 0 N–H and O–H groups in total. The third kappa shape index (κ3) is 12.6. The molecule has 0 atom stereocenters. The molecule has 0 aliphatic carbocycles. The Labute approximate surface area is 270 Å². The molecule has 0 fully saturated rings. The number of anilines is 1. The zero-order valence-electron chi connectivity index (χ0n) is 26.4. The summed E-state index contributed by atoms with van der Waals surface area (Å²) in [6.45, 7) is 8.00. The number of para-hydroxylation sites is 1. The van der Waals surface area contributed by atoms with E-state index in [1.165, 1.54) is 75.5 Å². The van der Waals surface area contributed by atoms with Crippen molar-refractivity contribution in [1.29, 1.82) is 0 Å². The first kappa shape index (κ1) is 36.1. The highest BCUT2D eigenvalue weighted by Crippen LogP contribution is 2.32. The second-order valence-electron chi connectivity index (χ2n) is 11.2. The number of carbonyl (C=O) groups is 1. The maximum Gasteiger partial charge on any atom is 0.224 e. The monoisotopic (exact) mass is 660 g/mol. The van der Waals surface area contributed by atoms with Crippen LogP contribution in [0.1, 0.15) is 109 Å². The van der Waals surface area contributed by atoms with Gasteiger partial charge in [0.2, 0.25) is 5.91 Å². The number of benzene rings is 2. The number of rotatable bonds is 20. The lowest BCUT2D eigenvalue weighted by atomic mass is 10.1. The second-order valence-corrected chi connectivity index (χ2v) is 12.4. The van der Waals surface area contributed by atoms with Gasteiger partial charge in [-0.3, -0.25) is 4.79 Å². The molecule has 0 bridgehead atoms. The van der Waals surface area contributed by atoms with Crippen molar-refractivity contribution in [1.82, 2.24) is 4.90 Å². The van der Waals surface area contributed by atoms with Crippen LogP contribution < -0.4 is 14.4 Å². The highest BCUT2D eigenvalue weighted by molar-refractivity contribution is 8.93. The maximum atomic E-state index is 12.8. The van der Waals surface area contributed by atoms with E-state index < -0.39 is 0 Å². The molecule has 2 aromatic carbocycles. The zero-order chi connectivity index (χ0) is 29.3. The number of carbonyl (C=O) groups excluding carboxylic acids is 1. The third-order valence-electron chi connectivity index (χ3n) is 7.68. The van der Waals surface area contributed by atoms with Crippen LogP contribution in [-0.4, -0.2) is 30.4 Å². The molecule has 1 heterocycles. The van der Waals surface area contributed by atoms with Crippen LogP contribution in [-0.2, 0) is 17.9 Å². The standard InChI is InChI=1S/C35H52N2O3S.BrH/c1-5-6-7-8-9-10-11-12-13-14-15-18-23-40-34-22-21-31(24-35(34)39-4)26-37(30(3)38)33-20-17-16-19-32(33)27-36-25-29(2)41-28-36;/h16-17,19-22,24-25H,5-15,18,23,26-28H2,1-4H3;1H. The predicted molar refractivity (Wildman–Crippen MR) is 185 cm³/mol. The summed E-state index contributed by atoms with van der Waals surface area (Å²) in [5, 5.41) is 0. The van der Waals surface area contributed by atoms with Crippen molar-refractivity contribution < 1.29 is 14.3 Å². The lowest BCUT2D eigenvalue weighted by Gasteiger charge is -2.26. The summed E-state index contributed by atoms with van der Waals surface area (Å²) < 4.78 is 11.8. The fourth-order valence-electron chi connectivity index (χ4n) is 5.34. The third-order valence-corrected chi connectivity index (χ3v) is 8.70. The van der Waals surface area contributed by atoms with E-state index >= 15 is 0 Å². The quantitative estimate of drug-likeness (QED) is 0.132. The fourth-order valence-corrected chi connectivity index (χ4v) is 6.10. The number of nitrogens with zero attached hydrogens (tertiary/aromatic N) is 2. The number of methoxy groups -OCH3 is 1. The molecular formula is C35H53BrN2O3S. The highest BCUT2D eigenvalue weighted by atomic mass is 79.9. The van der Waals surface area contributed by atoms with Crippen LogP contribution in [0.15, 0.2) is 53.6 Å². The molecule has 7 heteroatoms. The average Bonchev–Trinajstić information content (AvgIpc) is 3.39. The average molecular weight is 662 g/mol. The van der Waals surface area contributed by atoms with Crippen LogP contribution in [0.2, 0.25) is 0 Å². The first-order chi connectivity index (χ1) is 20.0. The SMILES string of the molecule is Br.CCCCCCCCCCCCCCOc1ccc(CN(C(C)=O)c2ccccc2CN2C=C(C)SC2)cc1OC. The van der Waals surface area contributed by atoms with Crippen molar-refractivity contribution in [2.45, 2.75) is 111 Å². The topological polar surface area (TPSA) is 42.0 Å². The molecule has 0 radical (unpaired) electrons. The number of halogens is 1. The molecule has 0 aromatic heterocycles. The normalized spacial score (nSPS) is 12.6. The number of hydrogen-bond donors (Lipinski definition) is 0. The Balaban J connectivity index is 0.00000616. The van der Waals surface area contributed by atoms with Gasteiger partial charge in [0.25, 0.3) is 0 Å². The van der Waals surface area contributed by atoms with E-state index in [0.717, 1.165) is 41.4 Å². The fraction of sp³-hybridized carbons (Fsp3) is 0.571. The van der Waals surface area contributed by atoms with Crippen molar-refractivity contribution >= 4 is 40.3 Å². The minimum atomic E-state index is 0. The van der Waals surface area contributed by atoms with Crippen LogP contribution in [0.25, 0.3) is 0 Å². The number of hydrogen-bond acceptors (Lipinski definition) is 5. The van der Waals surface area contributed by atoms with E-state index in [-0.39, 0.29) is 22.9 Å². The molecule has 0 spiro atoms. The van der Waals surface area contributed by atoms with Gasteiger partial charge in [0.1, 0.15) is 0 Å². The molecule has 5 nitrogen and oxygen atoms in total. The second kappa shape index (κ2) is 20.7. The molecule has 1 aliphatic heterocycles. The van der Waals surface area contributed by atoms with E-state index in [4.69, 9.17) is 9.47 Å². The number of amides is 1. The highest BCUT2D eigenvalue weighted by Gasteiger charge is 2.19. The molecule has 1 amide bonds. The summed E-state index contributed by atoms with van der Waals surface area (Å²) in [5.74, 6) is 2.44. The van der Waals surface area contributed by atoms with Crippen LogP contribution in [0.5, 0.6) is 11.5 Å². The van der Waals surface area contributed by atoms with E-state index in [9.17, 15) is 4.79 Å². The van der Waals surface area contributed by atoms with Crippen molar-refractivity contribution in [2.24, 2.45) is 0 Å². The molecule has 2 aromatic rings. The molecule has 42 heavy (non-hydrogen) atoms. The zero-order valence-corrected chi connectivity index (χ0v) is 28.9. The Hall–Kier alpha value is -2.12. The Bertz CT molecular complexity index is 1090. The Morgan fingerprint density at radius 3 is 2.14 bits per heavy atom. The van der Waals surface area contributed by atoms with Gasteiger partial charge in [-0.15, -0.1) is 28.7 Å².